The summed E-state index contributed by atoms with van der Waals surface area (Å²) >= 11 is 6.29. The van der Waals surface area contributed by atoms with Crippen LogP contribution in [0.4, 0.5) is 13.2 Å². The zero-order valence-corrected chi connectivity index (χ0v) is 14.6. The van der Waals surface area contributed by atoms with Crippen LogP contribution in [0.2, 0.25) is 5.02 Å². The second-order valence-corrected chi connectivity index (χ2v) is 7.25. The first kappa shape index (κ1) is 18.1. The van der Waals surface area contributed by atoms with Crippen LogP contribution in [0.25, 0.3) is 11.1 Å². The van der Waals surface area contributed by atoms with Crippen LogP contribution in [-0.2, 0) is 0 Å². The Morgan fingerprint density at radius 3 is 2.44 bits per heavy atom. The molecular formula is C19H18ClF3O2. The molecule has 2 aromatic carbocycles. The molecule has 2 nitrogen and oxygen atoms in total. The average molecular weight is 371 g/mol. The lowest BCUT2D eigenvalue weighted by molar-refractivity contribution is -0.140. The summed E-state index contributed by atoms with van der Waals surface area (Å²) in [7, 11) is 0. The molecule has 0 aromatic heterocycles. The number of rotatable bonds is 4. The van der Waals surface area contributed by atoms with Gasteiger partial charge in [-0.25, -0.2) is 0 Å². The molecule has 0 radical (unpaired) electrons. The van der Waals surface area contributed by atoms with Gasteiger partial charge in [0.1, 0.15) is 11.7 Å². The molecule has 1 aliphatic rings. The molecule has 0 fully saturated rings. The SMILES string of the molecule is CC(C)(O)CCOc1cc(Cl)c2c(c1)[C@H](C(F)(F)F)c1ccccc1-2. The van der Waals surface area contributed by atoms with E-state index in [1.165, 1.54) is 18.2 Å². The third-order valence-electron chi connectivity index (χ3n) is 4.26. The summed E-state index contributed by atoms with van der Waals surface area (Å²) in [6, 6.07) is 9.37. The first-order chi connectivity index (χ1) is 11.6. The van der Waals surface area contributed by atoms with Crippen molar-refractivity contribution in [1.29, 1.82) is 0 Å². The van der Waals surface area contributed by atoms with Crippen molar-refractivity contribution in [2.75, 3.05) is 6.61 Å². The summed E-state index contributed by atoms with van der Waals surface area (Å²) in [5.41, 5.74) is 0.327. The van der Waals surface area contributed by atoms with Gasteiger partial charge in [0.05, 0.1) is 17.2 Å². The molecule has 25 heavy (non-hydrogen) atoms. The fraction of sp³-hybridized carbons (Fsp3) is 0.368. The van der Waals surface area contributed by atoms with Gasteiger partial charge >= 0.3 is 6.18 Å². The monoisotopic (exact) mass is 370 g/mol. The fourth-order valence-corrected chi connectivity index (χ4v) is 3.43. The maximum atomic E-state index is 13.7. The number of hydrogen-bond donors (Lipinski definition) is 1. The molecule has 0 saturated heterocycles. The first-order valence-electron chi connectivity index (χ1n) is 7.92. The Balaban J connectivity index is 2.01. The van der Waals surface area contributed by atoms with E-state index in [-0.39, 0.29) is 28.5 Å². The number of alkyl halides is 3. The zero-order valence-electron chi connectivity index (χ0n) is 13.8. The molecule has 0 amide bonds. The van der Waals surface area contributed by atoms with Crippen molar-refractivity contribution in [1.82, 2.24) is 0 Å². The standard InChI is InChI=1S/C19H18ClF3O2/c1-18(2,24)7-8-25-11-9-14-16(15(20)10-11)12-5-3-4-6-13(12)17(14)19(21,22)23/h3-6,9-10,17,24H,7-8H2,1-2H3/t17-/m1/s1. The van der Waals surface area contributed by atoms with Gasteiger partial charge in [0.2, 0.25) is 0 Å². The highest BCUT2D eigenvalue weighted by Crippen LogP contribution is 2.54. The predicted octanol–water partition coefficient (Wildman–Crippen LogP) is 5.55. The summed E-state index contributed by atoms with van der Waals surface area (Å²) in [4.78, 5) is 0. The van der Waals surface area contributed by atoms with Gasteiger partial charge in [-0.05, 0) is 42.7 Å². The third kappa shape index (κ3) is 3.62. The van der Waals surface area contributed by atoms with E-state index in [2.05, 4.69) is 0 Å². The Kier molecular flexibility index (Phi) is 4.50. The summed E-state index contributed by atoms with van der Waals surface area (Å²) in [5.74, 6) is -1.44. The number of halogens is 4. The highest BCUT2D eigenvalue weighted by molar-refractivity contribution is 6.34. The van der Waals surface area contributed by atoms with Crippen LogP contribution in [0.1, 0.15) is 37.3 Å². The number of aliphatic hydroxyl groups is 1. The summed E-state index contributed by atoms with van der Waals surface area (Å²) < 4.78 is 46.6. The normalized spacial score (nSPS) is 16.5. The molecule has 1 atom stereocenters. The quantitative estimate of drug-likeness (QED) is 0.764. The highest BCUT2D eigenvalue weighted by Gasteiger charge is 2.48. The molecule has 0 heterocycles. The van der Waals surface area contributed by atoms with Crippen molar-refractivity contribution in [3.05, 3.63) is 52.5 Å². The van der Waals surface area contributed by atoms with Crippen molar-refractivity contribution in [2.45, 2.75) is 38.0 Å². The van der Waals surface area contributed by atoms with Gasteiger partial charge in [-0.1, -0.05) is 35.9 Å². The van der Waals surface area contributed by atoms with Crippen LogP contribution in [0.3, 0.4) is 0 Å². The number of fused-ring (bicyclic) bond motifs is 3. The molecule has 2 aromatic rings. The minimum atomic E-state index is -4.42. The molecule has 0 saturated carbocycles. The minimum absolute atomic E-state index is 0.111. The Bertz CT molecular complexity index is 794. The van der Waals surface area contributed by atoms with E-state index in [0.29, 0.717) is 17.5 Å². The lowest BCUT2D eigenvalue weighted by Crippen LogP contribution is -2.22. The largest absolute Gasteiger partial charge is 0.493 e. The lowest BCUT2D eigenvalue weighted by Gasteiger charge is -2.19. The minimum Gasteiger partial charge on any atom is -0.493 e. The number of ether oxygens (including phenoxy) is 1. The third-order valence-corrected chi connectivity index (χ3v) is 4.55. The maximum Gasteiger partial charge on any atom is 0.399 e. The average Bonchev–Trinajstić information content (AvgIpc) is 2.80. The van der Waals surface area contributed by atoms with E-state index in [1.54, 1.807) is 32.0 Å². The zero-order chi connectivity index (χ0) is 18.4. The summed E-state index contributed by atoms with van der Waals surface area (Å²) in [5, 5.41) is 9.95. The molecule has 3 rings (SSSR count). The van der Waals surface area contributed by atoms with E-state index in [0.717, 1.165) is 0 Å². The van der Waals surface area contributed by atoms with Crippen LogP contribution in [-0.4, -0.2) is 23.5 Å². The molecule has 1 N–H and O–H groups in total. The van der Waals surface area contributed by atoms with E-state index in [9.17, 15) is 18.3 Å². The van der Waals surface area contributed by atoms with E-state index in [4.69, 9.17) is 16.3 Å². The van der Waals surface area contributed by atoms with E-state index >= 15 is 0 Å². The maximum absolute atomic E-state index is 13.7. The van der Waals surface area contributed by atoms with Crippen LogP contribution >= 0.6 is 11.6 Å². The van der Waals surface area contributed by atoms with Gasteiger partial charge in [0, 0.05) is 12.0 Å². The van der Waals surface area contributed by atoms with Crippen molar-refractivity contribution in [3.63, 3.8) is 0 Å². The lowest BCUT2D eigenvalue weighted by atomic mass is 9.96. The summed E-state index contributed by atoms with van der Waals surface area (Å²) in [6.45, 7) is 3.47. The van der Waals surface area contributed by atoms with Gasteiger partial charge in [-0.3, -0.25) is 0 Å². The van der Waals surface area contributed by atoms with E-state index in [1.807, 2.05) is 0 Å². The fourth-order valence-electron chi connectivity index (χ4n) is 3.11. The van der Waals surface area contributed by atoms with Crippen molar-refractivity contribution in [2.24, 2.45) is 0 Å². The van der Waals surface area contributed by atoms with Gasteiger partial charge < -0.3 is 9.84 Å². The molecule has 0 aliphatic heterocycles. The van der Waals surface area contributed by atoms with Crippen molar-refractivity contribution < 1.29 is 23.0 Å². The second kappa shape index (κ2) is 6.22. The van der Waals surface area contributed by atoms with Crippen molar-refractivity contribution >= 4 is 11.6 Å². The van der Waals surface area contributed by atoms with Crippen LogP contribution < -0.4 is 4.74 Å². The first-order valence-corrected chi connectivity index (χ1v) is 8.30. The predicted molar refractivity (Wildman–Crippen MR) is 91.2 cm³/mol. The topological polar surface area (TPSA) is 29.5 Å². The van der Waals surface area contributed by atoms with Gasteiger partial charge in [0.25, 0.3) is 0 Å². The smallest absolute Gasteiger partial charge is 0.399 e. The van der Waals surface area contributed by atoms with Gasteiger partial charge in [0.15, 0.2) is 0 Å². The number of hydrogen-bond acceptors (Lipinski definition) is 2. The highest BCUT2D eigenvalue weighted by atomic mass is 35.5. The van der Waals surface area contributed by atoms with Crippen LogP contribution in [0.15, 0.2) is 36.4 Å². The molecule has 0 unspecified atom stereocenters. The Hall–Kier alpha value is -1.72. The number of benzene rings is 2. The van der Waals surface area contributed by atoms with Gasteiger partial charge in [-0.15, -0.1) is 0 Å². The second-order valence-electron chi connectivity index (χ2n) is 6.84. The molecule has 134 valence electrons. The Labute approximate surface area is 149 Å². The molecule has 6 heteroatoms. The molecule has 0 bridgehead atoms. The molecular weight excluding hydrogens is 353 g/mol. The molecule has 0 spiro atoms. The Morgan fingerprint density at radius 2 is 1.80 bits per heavy atom. The molecule has 1 aliphatic carbocycles. The summed E-state index contributed by atoms with van der Waals surface area (Å²) in [6.07, 6.45) is -4.07. The van der Waals surface area contributed by atoms with Gasteiger partial charge in [-0.2, -0.15) is 13.2 Å². The van der Waals surface area contributed by atoms with Crippen molar-refractivity contribution in [3.8, 4) is 16.9 Å². The van der Waals surface area contributed by atoms with Crippen LogP contribution in [0, 0.1) is 0 Å². The van der Waals surface area contributed by atoms with Crippen LogP contribution in [0.5, 0.6) is 5.75 Å². The van der Waals surface area contributed by atoms with E-state index < -0.39 is 17.7 Å². The Morgan fingerprint density at radius 1 is 1.12 bits per heavy atom.